The molecule has 3 N–H and O–H groups in total. The van der Waals surface area contributed by atoms with Gasteiger partial charge in [0.05, 0.1) is 7.11 Å². The Bertz CT molecular complexity index is 385. The van der Waals surface area contributed by atoms with Crippen LogP contribution in [-0.4, -0.2) is 19.6 Å². The van der Waals surface area contributed by atoms with Gasteiger partial charge in [0.15, 0.2) is 0 Å². The van der Waals surface area contributed by atoms with Crippen LogP contribution in [0.3, 0.4) is 0 Å². The van der Waals surface area contributed by atoms with Gasteiger partial charge < -0.3 is 15.8 Å². The number of nitrogens with one attached hydrogen (secondary N) is 1. The summed E-state index contributed by atoms with van der Waals surface area (Å²) in [6, 6.07) is 7.01. The highest BCUT2D eigenvalue weighted by Crippen LogP contribution is 2.28. The highest BCUT2D eigenvalue weighted by atomic mass is 16.5. The van der Waals surface area contributed by atoms with Crippen molar-refractivity contribution < 1.29 is 9.53 Å². The normalized spacial score (nSPS) is 16.5. The van der Waals surface area contributed by atoms with Gasteiger partial charge in [0.1, 0.15) is 11.8 Å². The van der Waals surface area contributed by atoms with Crippen LogP contribution in [0.15, 0.2) is 24.3 Å². The van der Waals surface area contributed by atoms with Crippen LogP contribution in [0.5, 0.6) is 5.75 Å². The van der Waals surface area contributed by atoms with Crippen molar-refractivity contribution in [1.29, 1.82) is 0 Å². The van der Waals surface area contributed by atoms with E-state index >= 15 is 0 Å². The van der Waals surface area contributed by atoms with Crippen molar-refractivity contribution in [1.82, 2.24) is 5.32 Å². The summed E-state index contributed by atoms with van der Waals surface area (Å²) < 4.78 is 5.08. The molecule has 17 heavy (non-hydrogen) atoms. The molecule has 0 spiro atoms. The number of hydrogen-bond donors (Lipinski definition) is 2. The molecule has 4 nitrogen and oxygen atoms in total. The van der Waals surface area contributed by atoms with Crippen molar-refractivity contribution in [3.8, 4) is 5.75 Å². The van der Waals surface area contributed by atoms with Crippen LogP contribution in [0, 0.1) is 5.92 Å². The molecule has 1 saturated carbocycles. The second-order valence-electron chi connectivity index (χ2n) is 4.46. The van der Waals surface area contributed by atoms with Gasteiger partial charge in [0.2, 0.25) is 5.91 Å². The molecule has 0 aliphatic heterocycles. The summed E-state index contributed by atoms with van der Waals surface area (Å²) in [5.74, 6) is 1.16. The summed E-state index contributed by atoms with van der Waals surface area (Å²) in [7, 11) is 1.62. The second kappa shape index (κ2) is 5.19. The largest absolute Gasteiger partial charge is 0.497 e. The number of nitrogens with two attached hydrogens (primary N) is 1. The summed E-state index contributed by atoms with van der Waals surface area (Å²) >= 11 is 0. The van der Waals surface area contributed by atoms with Gasteiger partial charge in [0, 0.05) is 0 Å². The summed E-state index contributed by atoms with van der Waals surface area (Å²) in [5.41, 5.74) is 6.30. The van der Waals surface area contributed by atoms with Gasteiger partial charge in [-0.3, -0.25) is 4.79 Å². The fourth-order valence-corrected chi connectivity index (χ4v) is 1.79. The molecule has 1 atom stereocenters. The lowest BCUT2D eigenvalue weighted by molar-refractivity contribution is -0.120. The number of methoxy groups -OCH3 is 1. The summed E-state index contributed by atoms with van der Waals surface area (Å²) in [5, 5.41) is 3.22. The zero-order valence-corrected chi connectivity index (χ0v) is 9.98. The third kappa shape index (κ3) is 3.20. The van der Waals surface area contributed by atoms with Crippen LogP contribution in [0.2, 0.25) is 0 Å². The van der Waals surface area contributed by atoms with Crippen molar-refractivity contribution in [3.63, 3.8) is 0 Å². The first-order valence-corrected chi connectivity index (χ1v) is 5.87. The van der Waals surface area contributed by atoms with E-state index in [1.165, 1.54) is 12.8 Å². The first-order valence-electron chi connectivity index (χ1n) is 5.87. The summed E-state index contributed by atoms with van der Waals surface area (Å²) in [6.07, 6.45) is 2.50. The number of rotatable bonds is 6. The Balaban J connectivity index is 2.04. The minimum Gasteiger partial charge on any atom is -0.497 e. The van der Waals surface area contributed by atoms with E-state index in [1.807, 2.05) is 24.3 Å². The molecule has 0 bridgehead atoms. The molecule has 92 valence electrons. The highest BCUT2D eigenvalue weighted by molar-refractivity contribution is 5.81. The van der Waals surface area contributed by atoms with Crippen LogP contribution in [0.4, 0.5) is 0 Å². The van der Waals surface area contributed by atoms with E-state index in [2.05, 4.69) is 5.32 Å². The molecule has 1 unspecified atom stereocenters. The lowest BCUT2D eigenvalue weighted by atomic mass is 10.1. The summed E-state index contributed by atoms with van der Waals surface area (Å²) in [6.45, 7) is 0.861. The Morgan fingerprint density at radius 3 is 2.59 bits per heavy atom. The Morgan fingerprint density at radius 2 is 2.12 bits per heavy atom. The van der Waals surface area contributed by atoms with Crippen molar-refractivity contribution in [3.05, 3.63) is 29.8 Å². The van der Waals surface area contributed by atoms with Gasteiger partial charge in [-0.2, -0.15) is 0 Å². The number of amides is 1. The van der Waals surface area contributed by atoms with Gasteiger partial charge in [0.25, 0.3) is 0 Å². The Hall–Kier alpha value is -1.55. The van der Waals surface area contributed by atoms with E-state index in [9.17, 15) is 4.79 Å². The highest BCUT2D eigenvalue weighted by Gasteiger charge is 2.24. The maximum atomic E-state index is 11.4. The lowest BCUT2D eigenvalue weighted by Gasteiger charge is -2.15. The minimum atomic E-state index is -0.401. The fourth-order valence-electron chi connectivity index (χ4n) is 1.79. The maximum absolute atomic E-state index is 11.4. The molecule has 1 aliphatic carbocycles. The zero-order valence-electron chi connectivity index (χ0n) is 9.98. The lowest BCUT2D eigenvalue weighted by Crippen LogP contribution is -2.34. The maximum Gasteiger partial charge on any atom is 0.239 e. The van der Waals surface area contributed by atoms with Gasteiger partial charge >= 0.3 is 0 Å². The molecular weight excluding hydrogens is 216 g/mol. The first-order chi connectivity index (χ1) is 8.20. The number of primary amides is 1. The van der Waals surface area contributed by atoms with Gasteiger partial charge in [-0.15, -0.1) is 0 Å². The van der Waals surface area contributed by atoms with E-state index in [-0.39, 0.29) is 5.91 Å². The monoisotopic (exact) mass is 234 g/mol. The quantitative estimate of drug-likeness (QED) is 0.778. The molecule has 0 radical (unpaired) electrons. The topological polar surface area (TPSA) is 64.3 Å². The standard InChI is InChI=1S/C13H18N2O2/c1-17-11-6-4-10(5-7-11)12(13(14)16)15-8-9-2-3-9/h4-7,9,12,15H,2-3,8H2,1H3,(H2,14,16). The Labute approximate surface area is 101 Å². The molecule has 1 aromatic carbocycles. The predicted octanol–water partition coefficient (Wildman–Crippen LogP) is 1.22. The molecule has 4 heteroatoms. The van der Waals surface area contributed by atoms with Gasteiger partial charge in [-0.1, -0.05) is 12.1 Å². The molecular formula is C13H18N2O2. The molecule has 1 aromatic rings. The average Bonchev–Trinajstić information content (AvgIpc) is 3.14. The zero-order chi connectivity index (χ0) is 12.3. The van der Waals surface area contributed by atoms with Gasteiger partial charge in [-0.25, -0.2) is 0 Å². The van der Waals surface area contributed by atoms with Crippen molar-refractivity contribution >= 4 is 5.91 Å². The Kier molecular flexibility index (Phi) is 3.64. The van der Waals surface area contributed by atoms with Crippen LogP contribution >= 0.6 is 0 Å². The molecule has 0 saturated heterocycles. The fraction of sp³-hybridized carbons (Fsp3) is 0.462. The number of hydrogen-bond acceptors (Lipinski definition) is 3. The molecule has 0 heterocycles. The number of ether oxygens (including phenoxy) is 1. The number of carbonyl (C=O) groups is 1. The average molecular weight is 234 g/mol. The smallest absolute Gasteiger partial charge is 0.239 e. The van der Waals surface area contributed by atoms with E-state index in [4.69, 9.17) is 10.5 Å². The number of benzene rings is 1. The van der Waals surface area contributed by atoms with Crippen LogP contribution in [0.25, 0.3) is 0 Å². The van der Waals surface area contributed by atoms with E-state index in [0.29, 0.717) is 0 Å². The van der Waals surface area contributed by atoms with E-state index < -0.39 is 6.04 Å². The second-order valence-corrected chi connectivity index (χ2v) is 4.46. The van der Waals surface area contributed by atoms with Crippen molar-refractivity contribution in [2.75, 3.05) is 13.7 Å². The number of carbonyl (C=O) groups excluding carboxylic acids is 1. The first kappa shape index (κ1) is 11.9. The summed E-state index contributed by atoms with van der Waals surface area (Å²) in [4.78, 5) is 11.4. The Morgan fingerprint density at radius 1 is 1.47 bits per heavy atom. The predicted molar refractivity (Wildman–Crippen MR) is 65.7 cm³/mol. The van der Waals surface area contributed by atoms with Crippen LogP contribution in [-0.2, 0) is 4.79 Å². The van der Waals surface area contributed by atoms with Crippen LogP contribution < -0.4 is 15.8 Å². The van der Waals surface area contributed by atoms with Crippen molar-refractivity contribution in [2.24, 2.45) is 11.7 Å². The van der Waals surface area contributed by atoms with E-state index in [0.717, 1.165) is 23.8 Å². The third-order valence-electron chi connectivity index (χ3n) is 3.04. The third-order valence-corrected chi connectivity index (χ3v) is 3.04. The van der Waals surface area contributed by atoms with Crippen molar-refractivity contribution in [2.45, 2.75) is 18.9 Å². The van der Waals surface area contributed by atoms with E-state index in [1.54, 1.807) is 7.11 Å². The molecule has 1 amide bonds. The van der Waals surface area contributed by atoms with Crippen LogP contribution in [0.1, 0.15) is 24.4 Å². The molecule has 1 fully saturated rings. The SMILES string of the molecule is COc1ccc(C(NCC2CC2)C(N)=O)cc1. The molecule has 1 aliphatic rings. The molecule has 2 rings (SSSR count). The molecule has 0 aromatic heterocycles. The van der Waals surface area contributed by atoms with Gasteiger partial charge in [-0.05, 0) is 43.0 Å². The minimum absolute atomic E-state index is 0.337.